The molecule has 0 atom stereocenters. The lowest BCUT2D eigenvalue weighted by Gasteiger charge is -2.36. The summed E-state index contributed by atoms with van der Waals surface area (Å²) in [7, 11) is -3.68. The van der Waals surface area contributed by atoms with Crippen LogP contribution in [0, 0.1) is 25.2 Å². The SMILES string of the molecule is Cc1cc(C)c(S(=O)(=O)N2CCN(c3ccccc3C#N)CC2)cc1C=O. The Kier molecular flexibility index (Phi) is 5.31. The number of para-hydroxylation sites is 1. The average Bonchev–Trinajstić information content (AvgIpc) is 2.68. The molecule has 1 aliphatic rings. The molecule has 1 fully saturated rings. The van der Waals surface area contributed by atoms with E-state index in [4.69, 9.17) is 0 Å². The quantitative estimate of drug-likeness (QED) is 0.758. The van der Waals surface area contributed by atoms with Gasteiger partial charge in [-0.15, -0.1) is 0 Å². The molecule has 6 nitrogen and oxygen atoms in total. The van der Waals surface area contributed by atoms with Crippen LogP contribution in [0.3, 0.4) is 0 Å². The molecule has 0 radical (unpaired) electrons. The minimum atomic E-state index is -3.68. The molecule has 0 spiro atoms. The van der Waals surface area contributed by atoms with Gasteiger partial charge < -0.3 is 4.90 Å². The molecule has 0 unspecified atom stereocenters. The van der Waals surface area contributed by atoms with Gasteiger partial charge in [-0.1, -0.05) is 18.2 Å². The second-order valence-corrected chi connectivity index (χ2v) is 8.52. The first-order valence-electron chi connectivity index (χ1n) is 8.69. The van der Waals surface area contributed by atoms with E-state index >= 15 is 0 Å². The van der Waals surface area contributed by atoms with Gasteiger partial charge in [0, 0.05) is 31.7 Å². The molecule has 1 saturated heterocycles. The van der Waals surface area contributed by atoms with Crippen LogP contribution >= 0.6 is 0 Å². The van der Waals surface area contributed by atoms with E-state index in [0.717, 1.165) is 11.3 Å². The van der Waals surface area contributed by atoms with E-state index in [1.807, 2.05) is 23.1 Å². The Balaban J connectivity index is 1.84. The van der Waals surface area contributed by atoms with Crippen molar-refractivity contribution >= 4 is 22.0 Å². The van der Waals surface area contributed by atoms with Crippen LogP contribution in [-0.2, 0) is 10.0 Å². The molecule has 0 bridgehead atoms. The highest BCUT2D eigenvalue weighted by Gasteiger charge is 2.30. The van der Waals surface area contributed by atoms with Crippen LogP contribution in [0.5, 0.6) is 0 Å². The number of nitriles is 1. The Labute approximate surface area is 159 Å². The third kappa shape index (κ3) is 3.59. The first kappa shape index (κ1) is 19.1. The molecule has 3 rings (SSSR count). The fraction of sp³-hybridized carbons (Fsp3) is 0.300. The number of piperazine rings is 1. The summed E-state index contributed by atoms with van der Waals surface area (Å²) in [5.74, 6) is 0. The summed E-state index contributed by atoms with van der Waals surface area (Å²) in [5, 5.41) is 9.27. The third-order valence-electron chi connectivity index (χ3n) is 4.91. The van der Waals surface area contributed by atoms with Crippen molar-refractivity contribution < 1.29 is 13.2 Å². The first-order chi connectivity index (χ1) is 12.9. The monoisotopic (exact) mass is 383 g/mol. The van der Waals surface area contributed by atoms with E-state index in [-0.39, 0.29) is 4.90 Å². The lowest BCUT2D eigenvalue weighted by atomic mass is 10.1. The van der Waals surface area contributed by atoms with Gasteiger partial charge in [-0.2, -0.15) is 9.57 Å². The normalized spacial score (nSPS) is 15.4. The fourth-order valence-corrected chi connectivity index (χ4v) is 5.07. The van der Waals surface area contributed by atoms with Crippen molar-refractivity contribution in [2.45, 2.75) is 18.7 Å². The Morgan fingerprint density at radius 1 is 1.04 bits per heavy atom. The molecule has 27 heavy (non-hydrogen) atoms. The first-order valence-corrected chi connectivity index (χ1v) is 10.1. The summed E-state index contributed by atoms with van der Waals surface area (Å²) in [6.45, 7) is 5.19. The zero-order chi connectivity index (χ0) is 19.6. The molecule has 2 aromatic carbocycles. The summed E-state index contributed by atoms with van der Waals surface area (Å²) in [6, 6.07) is 12.7. The van der Waals surface area contributed by atoms with Crippen LogP contribution in [0.1, 0.15) is 27.0 Å². The van der Waals surface area contributed by atoms with Gasteiger partial charge in [0.05, 0.1) is 16.1 Å². The van der Waals surface area contributed by atoms with Gasteiger partial charge in [-0.05, 0) is 43.2 Å². The predicted octanol–water partition coefficient (Wildman–Crippen LogP) is 2.50. The standard InChI is InChI=1S/C20H21N3O3S/c1-15-11-16(2)20(12-18(15)14-24)27(25,26)23-9-7-22(8-10-23)19-6-4-3-5-17(19)13-21/h3-6,11-12,14H,7-10H2,1-2H3. The van der Waals surface area contributed by atoms with Crippen molar-refractivity contribution in [3.05, 3.63) is 58.7 Å². The minimum Gasteiger partial charge on any atom is -0.368 e. The maximum atomic E-state index is 13.1. The van der Waals surface area contributed by atoms with Gasteiger partial charge in [0.15, 0.2) is 0 Å². The number of anilines is 1. The summed E-state index contributed by atoms with van der Waals surface area (Å²) in [5.41, 5.74) is 3.20. The Morgan fingerprint density at radius 3 is 2.33 bits per heavy atom. The lowest BCUT2D eigenvalue weighted by Crippen LogP contribution is -2.49. The molecule has 0 saturated carbocycles. The molecule has 1 heterocycles. The van der Waals surface area contributed by atoms with Crippen LogP contribution in [0.4, 0.5) is 5.69 Å². The van der Waals surface area contributed by atoms with Crippen LogP contribution in [0.25, 0.3) is 0 Å². The molecular formula is C20H21N3O3S. The second-order valence-electron chi connectivity index (χ2n) is 6.61. The van der Waals surface area contributed by atoms with Crippen LogP contribution < -0.4 is 4.90 Å². The van der Waals surface area contributed by atoms with Crippen molar-refractivity contribution in [2.75, 3.05) is 31.1 Å². The number of nitrogens with zero attached hydrogens (tertiary/aromatic N) is 3. The highest BCUT2D eigenvalue weighted by atomic mass is 32.2. The van der Waals surface area contributed by atoms with Crippen molar-refractivity contribution in [3.8, 4) is 6.07 Å². The third-order valence-corrected chi connectivity index (χ3v) is 6.95. The van der Waals surface area contributed by atoms with E-state index in [2.05, 4.69) is 6.07 Å². The highest BCUT2D eigenvalue weighted by Crippen LogP contribution is 2.26. The maximum absolute atomic E-state index is 13.1. The Hall–Kier alpha value is -2.69. The van der Waals surface area contributed by atoms with E-state index in [9.17, 15) is 18.5 Å². The van der Waals surface area contributed by atoms with E-state index in [1.165, 1.54) is 10.4 Å². The van der Waals surface area contributed by atoms with Gasteiger partial charge in [0.25, 0.3) is 0 Å². The van der Waals surface area contributed by atoms with E-state index in [1.54, 1.807) is 26.0 Å². The van der Waals surface area contributed by atoms with Crippen molar-refractivity contribution in [1.29, 1.82) is 5.26 Å². The lowest BCUT2D eigenvalue weighted by molar-refractivity contribution is 0.112. The molecule has 0 N–H and O–H groups in total. The number of rotatable bonds is 4. The molecule has 0 amide bonds. The van der Waals surface area contributed by atoms with Crippen molar-refractivity contribution in [3.63, 3.8) is 0 Å². The number of benzene rings is 2. The van der Waals surface area contributed by atoms with Gasteiger partial charge >= 0.3 is 0 Å². The smallest absolute Gasteiger partial charge is 0.243 e. The molecule has 7 heteroatoms. The number of aryl methyl sites for hydroxylation is 2. The largest absolute Gasteiger partial charge is 0.368 e. The van der Waals surface area contributed by atoms with E-state index < -0.39 is 10.0 Å². The number of hydrogen-bond donors (Lipinski definition) is 0. The number of aldehydes is 1. The maximum Gasteiger partial charge on any atom is 0.243 e. The number of carbonyl (C=O) groups is 1. The Bertz CT molecular complexity index is 1020. The number of sulfonamides is 1. The topological polar surface area (TPSA) is 81.5 Å². The van der Waals surface area contributed by atoms with Crippen molar-refractivity contribution in [2.24, 2.45) is 0 Å². The molecular weight excluding hydrogens is 362 g/mol. The average molecular weight is 383 g/mol. The summed E-state index contributed by atoms with van der Waals surface area (Å²) >= 11 is 0. The highest BCUT2D eigenvalue weighted by molar-refractivity contribution is 7.89. The molecule has 0 aliphatic carbocycles. The molecule has 0 aromatic heterocycles. The number of carbonyl (C=O) groups excluding carboxylic acids is 1. The number of hydrogen-bond acceptors (Lipinski definition) is 5. The van der Waals surface area contributed by atoms with E-state index in [0.29, 0.717) is 49.2 Å². The summed E-state index contributed by atoms with van der Waals surface area (Å²) in [4.78, 5) is 13.4. The molecule has 140 valence electrons. The minimum absolute atomic E-state index is 0.182. The summed E-state index contributed by atoms with van der Waals surface area (Å²) in [6.07, 6.45) is 0.685. The van der Waals surface area contributed by atoms with Gasteiger partial charge in [-0.25, -0.2) is 8.42 Å². The van der Waals surface area contributed by atoms with Gasteiger partial charge in [0.2, 0.25) is 10.0 Å². The molecule has 2 aromatic rings. The predicted molar refractivity (Wildman–Crippen MR) is 103 cm³/mol. The molecule has 1 aliphatic heterocycles. The van der Waals surface area contributed by atoms with Crippen LogP contribution in [-0.4, -0.2) is 45.2 Å². The van der Waals surface area contributed by atoms with Gasteiger partial charge in [-0.3, -0.25) is 4.79 Å². The summed E-state index contributed by atoms with van der Waals surface area (Å²) < 4.78 is 27.6. The zero-order valence-corrected chi connectivity index (χ0v) is 16.2. The van der Waals surface area contributed by atoms with Gasteiger partial charge in [0.1, 0.15) is 12.4 Å². The van der Waals surface area contributed by atoms with Crippen molar-refractivity contribution in [1.82, 2.24) is 4.31 Å². The van der Waals surface area contributed by atoms with Crippen LogP contribution in [0.2, 0.25) is 0 Å². The Morgan fingerprint density at radius 2 is 1.70 bits per heavy atom. The van der Waals surface area contributed by atoms with Crippen LogP contribution in [0.15, 0.2) is 41.3 Å². The fourth-order valence-electron chi connectivity index (χ4n) is 3.41. The zero-order valence-electron chi connectivity index (χ0n) is 15.3. The second kappa shape index (κ2) is 7.51.